The van der Waals surface area contributed by atoms with Gasteiger partial charge in [0.25, 0.3) is 0 Å². The van der Waals surface area contributed by atoms with Gasteiger partial charge in [-0.3, -0.25) is 15.0 Å². The van der Waals surface area contributed by atoms with Crippen LogP contribution in [0.25, 0.3) is 0 Å². The van der Waals surface area contributed by atoms with Gasteiger partial charge in [-0.1, -0.05) is 25.0 Å². The Hall–Kier alpha value is -2.80. The predicted octanol–water partition coefficient (Wildman–Crippen LogP) is 3.23. The fraction of sp³-hybridized carbons (Fsp3) is 0.429. The third-order valence-electron chi connectivity index (χ3n) is 4.97. The quantitative estimate of drug-likeness (QED) is 0.798. The molecule has 0 unspecified atom stereocenters. The highest BCUT2D eigenvalue weighted by Gasteiger charge is 2.25. The number of furan rings is 1. The number of carbonyl (C=O) groups excluding carboxylic acids is 2. The summed E-state index contributed by atoms with van der Waals surface area (Å²) in [5, 5.41) is 5.03. The van der Waals surface area contributed by atoms with Crippen molar-refractivity contribution in [1.29, 1.82) is 0 Å². The van der Waals surface area contributed by atoms with E-state index < -0.39 is 6.03 Å². The number of ether oxygens (including phenoxy) is 1. The number of nitrogens with one attached hydrogen (secondary N) is 2. The molecule has 3 rings (SSSR count). The van der Waals surface area contributed by atoms with E-state index in [0.29, 0.717) is 5.76 Å². The molecule has 150 valence electrons. The third-order valence-corrected chi connectivity index (χ3v) is 4.97. The summed E-state index contributed by atoms with van der Waals surface area (Å²) in [6, 6.07) is 11.1. The maximum Gasteiger partial charge on any atom is 0.321 e. The molecule has 1 aromatic heterocycles. The summed E-state index contributed by atoms with van der Waals surface area (Å²) in [6.45, 7) is 1.26. The standard InChI is InChI=1S/C21H27N3O4/c1-27-17-10-8-16(9-11-17)19-7-3-2-4-12-24(19)15-20(25)23-21(26)22-14-18-6-5-13-28-18/h5-6,8-11,13,19H,2-4,7,12,14-15H2,1H3,(H2,22,23,25,26)/t19-/m0/s1. The Morgan fingerprint density at radius 3 is 2.71 bits per heavy atom. The normalized spacial score (nSPS) is 17.5. The molecule has 1 aliphatic heterocycles. The molecule has 1 aromatic carbocycles. The summed E-state index contributed by atoms with van der Waals surface area (Å²) in [4.78, 5) is 26.5. The molecule has 2 N–H and O–H groups in total. The summed E-state index contributed by atoms with van der Waals surface area (Å²) in [6.07, 6.45) is 5.85. The Kier molecular flexibility index (Phi) is 7.08. The van der Waals surface area contributed by atoms with Crippen molar-refractivity contribution >= 4 is 11.9 Å². The molecule has 0 bridgehead atoms. The molecule has 1 aliphatic rings. The molecule has 1 fully saturated rings. The highest BCUT2D eigenvalue weighted by molar-refractivity contribution is 5.95. The molecule has 0 saturated carbocycles. The zero-order chi connectivity index (χ0) is 19.8. The molecule has 0 aliphatic carbocycles. The predicted molar refractivity (Wildman–Crippen MR) is 105 cm³/mol. The molecule has 3 amide bonds. The molecule has 1 saturated heterocycles. The van der Waals surface area contributed by atoms with Gasteiger partial charge in [0.1, 0.15) is 11.5 Å². The van der Waals surface area contributed by atoms with Crippen molar-refractivity contribution in [1.82, 2.24) is 15.5 Å². The van der Waals surface area contributed by atoms with E-state index >= 15 is 0 Å². The zero-order valence-electron chi connectivity index (χ0n) is 16.1. The molecule has 7 heteroatoms. The van der Waals surface area contributed by atoms with Crippen molar-refractivity contribution in [2.24, 2.45) is 0 Å². The first-order chi connectivity index (χ1) is 13.7. The van der Waals surface area contributed by atoms with Crippen LogP contribution in [0.5, 0.6) is 5.75 Å². The lowest BCUT2D eigenvalue weighted by atomic mass is 10.0. The average molecular weight is 385 g/mol. The molecule has 2 heterocycles. The summed E-state index contributed by atoms with van der Waals surface area (Å²) in [7, 11) is 1.65. The number of nitrogens with zero attached hydrogens (tertiary/aromatic N) is 1. The smallest absolute Gasteiger partial charge is 0.321 e. The summed E-state index contributed by atoms with van der Waals surface area (Å²) < 4.78 is 10.4. The number of benzene rings is 1. The number of urea groups is 1. The summed E-state index contributed by atoms with van der Waals surface area (Å²) >= 11 is 0. The van der Waals surface area contributed by atoms with Crippen molar-refractivity contribution in [3.63, 3.8) is 0 Å². The number of carbonyl (C=O) groups is 2. The SMILES string of the molecule is COc1ccc([C@@H]2CCCCCN2CC(=O)NC(=O)NCc2ccco2)cc1. The van der Waals surface area contributed by atoms with Crippen LogP contribution in [0.3, 0.4) is 0 Å². The first-order valence-electron chi connectivity index (χ1n) is 9.64. The second-order valence-electron chi connectivity index (χ2n) is 6.92. The summed E-state index contributed by atoms with van der Waals surface area (Å²) in [5.41, 5.74) is 1.16. The minimum absolute atomic E-state index is 0.158. The Labute approximate surface area is 165 Å². The first kappa shape index (κ1) is 19.9. The van der Waals surface area contributed by atoms with E-state index in [0.717, 1.165) is 43.5 Å². The van der Waals surface area contributed by atoms with Crippen LogP contribution in [0.1, 0.15) is 43.0 Å². The second-order valence-corrected chi connectivity index (χ2v) is 6.92. The lowest BCUT2D eigenvalue weighted by Crippen LogP contribution is -2.45. The van der Waals surface area contributed by atoms with Gasteiger partial charge < -0.3 is 14.5 Å². The second kappa shape index (κ2) is 9.94. The fourth-order valence-corrected chi connectivity index (χ4v) is 3.54. The first-order valence-corrected chi connectivity index (χ1v) is 9.64. The molecule has 0 spiro atoms. The minimum Gasteiger partial charge on any atom is -0.497 e. The van der Waals surface area contributed by atoms with Crippen LogP contribution in [-0.2, 0) is 11.3 Å². The van der Waals surface area contributed by atoms with E-state index in [9.17, 15) is 9.59 Å². The lowest BCUT2D eigenvalue weighted by molar-refractivity contribution is -0.121. The number of likely N-dealkylation sites (tertiary alicyclic amines) is 1. The Morgan fingerprint density at radius 1 is 1.18 bits per heavy atom. The van der Waals surface area contributed by atoms with Gasteiger partial charge in [0.2, 0.25) is 5.91 Å². The van der Waals surface area contributed by atoms with E-state index in [4.69, 9.17) is 9.15 Å². The fourth-order valence-electron chi connectivity index (χ4n) is 3.54. The van der Waals surface area contributed by atoms with E-state index in [1.807, 2.05) is 12.1 Å². The Morgan fingerprint density at radius 2 is 2.00 bits per heavy atom. The van der Waals surface area contributed by atoms with Crippen molar-refractivity contribution in [2.45, 2.75) is 38.3 Å². The van der Waals surface area contributed by atoms with E-state index in [1.165, 1.54) is 0 Å². The van der Waals surface area contributed by atoms with Crippen LogP contribution >= 0.6 is 0 Å². The number of imide groups is 1. The van der Waals surface area contributed by atoms with Gasteiger partial charge in [0, 0.05) is 6.04 Å². The van der Waals surface area contributed by atoms with Gasteiger partial charge in [-0.05, 0) is 49.2 Å². The van der Waals surface area contributed by atoms with Crippen molar-refractivity contribution in [3.05, 3.63) is 54.0 Å². The molecular weight excluding hydrogens is 358 g/mol. The molecule has 28 heavy (non-hydrogen) atoms. The Bertz CT molecular complexity index is 758. The van der Waals surface area contributed by atoms with Gasteiger partial charge in [0.15, 0.2) is 0 Å². The Balaban J connectivity index is 1.57. The van der Waals surface area contributed by atoms with Crippen LogP contribution in [0.4, 0.5) is 4.79 Å². The van der Waals surface area contributed by atoms with Gasteiger partial charge >= 0.3 is 6.03 Å². The number of rotatable bonds is 6. The topological polar surface area (TPSA) is 83.8 Å². The van der Waals surface area contributed by atoms with Crippen LogP contribution in [-0.4, -0.2) is 37.0 Å². The van der Waals surface area contributed by atoms with E-state index in [2.05, 4.69) is 27.7 Å². The molecular formula is C21H27N3O4. The molecule has 1 atom stereocenters. The van der Waals surface area contributed by atoms with Crippen LogP contribution in [0.2, 0.25) is 0 Å². The van der Waals surface area contributed by atoms with Crippen LogP contribution in [0, 0.1) is 0 Å². The van der Waals surface area contributed by atoms with Crippen molar-refractivity contribution in [3.8, 4) is 5.75 Å². The highest BCUT2D eigenvalue weighted by atomic mass is 16.5. The molecule has 7 nitrogen and oxygen atoms in total. The number of methoxy groups -OCH3 is 1. The molecule has 2 aromatic rings. The maximum absolute atomic E-state index is 12.4. The zero-order valence-corrected chi connectivity index (χ0v) is 16.1. The van der Waals surface area contributed by atoms with E-state index in [-0.39, 0.29) is 25.0 Å². The van der Waals surface area contributed by atoms with E-state index in [1.54, 1.807) is 25.5 Å². The molecule has 0 radical (unpaired) electrons. The summed E-state index contributed by atoms with van der Waals surface area (Å²) in [5.74, 6) is 1.14. The lowest BCUT2D eigenvalue weighted by Gasteiger charge is -2.29. The third kappa shape index (κ3) is 5.60. The van der Waals surface area contributed by atoms with Crippen molar-refractivity contribution < 1.29 is 18.7 Å². The van der Waals surface area contributed by atoms with Crippen LogP contribution < -0.4 is 15.4 Å². The highest BCUT2D eigenvalue weighted by Crippen LogP contribution is 2.30. The van der Waals surface area contributed by atoms with Crippen molar-refractivity contribution in [2.75, 3.05) is 20.2 Å². The minimum atomic E-state index is -0.516. The largest absolute Gasteiger partial charge is 0.497 e. The van der Waals surface area contributed by atoms with Gasteiger partial charge in [-0.25, -0.2) is 4.79 Å². The maximum atomic E-state index is 12.4. The number of hydrogen-bond acceptors (Lipinski definition) is 5. The number of amides is 3. The average Bonchev–Trinajstić information content (AvgIpc) is 3.12. The number of hydrogen-bond donors (Lipinski definition) is 2. The van der Waals surface area contributed by atoms with Crippen LogP contribution in [0.15, 0.2) is 47.1 Å². The van der Waals surface area contributed by atoms with Gasteiger partial charge in [-0.15, -0.1) is 0 Å². The van der Waals surface area contributed by atoms with Gasteiger partial charge in [0.05, 0.1) is 26.5 Å². The van der Waals surface area contributed by atoms with Gasteiger partial charge in [-0.2, -0.15) is 0 Å². The monoisotopic (exact) mass is 385 g/mol.